The van der Waals surface area contributed by atoms with E-state index in [-0.39, 0.29) is 0 Å². The van der Waals surface area contributed by atoms with Gasteiger partial charge in [-0.3, -0.25) is 0 Å². The van der Waals surface area contributed by atoms with Gasteiger partial charge < -0.3 is 5.32 Å². The molecule has 0 saturated heterocycles. The lowest BCUT2D eigenvalue weighted by molar-refractivity contribution is 0.640. The lowest BCUT2D eigenvalue weighted by Gasteiger charge is -2.07. The van der Waals surface area contributed by atoms with Gasteiger partial charge in [-0.1, -0.05) is 30.7 Å². The third-order valence-electron chi connectivity index (χ3n) is 2.80. The van der Waals surface area contributed by atoms with Crippen LogP contribution in [0.4, 0.5) is 0 Å². The summed E-state index contributed by atoms with van der Waals surface area (Å²) in [6, 6.07) is 6.77. The molecule has 1 aromatic carbocycles. The van der Waals surface area contributed by atoms with Crippen molar-refractivity contribution in [3.8, 4) is 0 Å². The molecule has 0 bridgehead atoms. The highest BCUT2D eigenvalue weighted by Gasteiger charge is 1.98. The van der Waals surface area contributed by atoms with Gasteiger partial charge >= 0.3 is 0 Å². The van der Waals surface area contributed by atoms with Crippen LogP contribution in [0.5, 0.6) is 0 Å². The standard InChI is InChI=1S/C14H23N/c1-4-15-10-6-5-7-14-9-8-12(2)11-13(14)3/h8-9,11,15H,4-7,10H2,1-3H3. The van der Waals surface area contributed by atoms with Crippen molar-refractivity contribution in [2.45, 2.75) is 40.0 Å². The average Bonchev–Trinajstić information content (AvgIpc) is 2.20. The van der Waals surface area contributed by atoms with Crippen LogP contribution in [0.3, 0.4) is 0 Å². The van der Waals surface area contributed by atoms with Crippen molar-refractivity contribution in [2.24, 2.45) is 0 Å². The topological polar surface area (TPSA) is 12.0 Å². The monoisotopic (exact) mass is 205 g/mol. The Morgan fingerprint density at radius 1 is 1.13 bits per heavy atom. The smallest absolute Gasteiger partial charge is 0.00489 e. The quantitative estimate of drug-likeness (QED) is 0.703. The number of benzene rings is 1. The molecule has 0 aliphatic carbocycles. The molecule has 0 heterocycles. The Kier molecular flexibility index (Phi) is 5.41. The van der Waals surface area contributed by atoms with Crippen molar-refractivity contribution < 1.29 is 0 Å². The first-order valence-corrected chi connectivity index (χ1v) is 6.01. The summed E-state index contributed by atoms with van der Waals surface area (Å²) >= 11 is 0. The van der Waals surface area contributed by atoms with Gasteiger partial charge in [-0.15, -0.1) is 0 Å². The van der Waals surface area contributed by atoms with E-state index in [1.807, 2.05) is 0 Å². The number of nitrogens with one attached hydrogen (secondary N) is 1. The largest absolute Gasteiger partial charge is 0.317 e. The Morgan fingerprint density at radius 3 is 2.60 bits per heavy atom. The molecule has 15 heavy (non-hydrogen) atoms. The minimum absolute atomic E-state index is 1.09. The van der Waals surface area contributed by atoms with Gasteiger partial charge in [0.2, 0.25) is 0 Å². The number of aryl methyl sites for hydroxylation is 3. The normalized spacial score (nSPS) is 10.6. The van der Waals surface area contributed by atoms with E-state index in [0.717, 1.165) is 13.1 Å². The molecule has 0 spiro atoms. The van der Waals surface area contributed by atoms with Gasteiger partial charge in [0.25, 0.3) is 0 Å². The minimum Gasteiger partial charge on any atom is -0.317 e. The molecule has 1 rings (SSSR count). The summed E-state index contributed by atoms with van der Waals surface area (Å²) < 4.78 is 0. The van der Waals surface area contributed by atoms with E-state index < -0.39 is 0 Å². The second-order valence-electron chi connectivity index (χ2n) is 4.24. The van der Waals surface area contributed by atoms with E-state index in [2.05, 4.69) is 44.3 Å². The maximum atomic E-state index is 3.36. The molecule has 0 aromatic heterocycles. The van der Waals surface area contributed by atoms with Gasteiger partial charge in [0.1, 0.15) is 0 Å². The first kappa shape index (κ1) is 12.3. The van der Waals surface area contributed by atoms with E-state index >= 15 is 0 Å². The van der Waals surface area contributed by atoms with Crippen LogP contribution in [0.25, 0.3) is 0 Å². The van der Waals surface area contributed by atoms with Crippen LogP contribution in [0.15, 0.2) is 18.2 Å². The first-order chi connectivity index (χ1) is 7.24. The molecular weight excluding hydrogens is 182 g/mol. The van der Waals surface area contributed by atoms with Gasteiger partial charge in [0.15, 0.2) is 0 Å². The molecule has 0 fully saturated rings. The summed E-state index contributed by atoms with van der Waals surface area (Å²) in [6.45, 7) is 8.77. The van der Waals surface area contributed by atoms with Crippen LogP contribution in [-0.4, -0.2) is 13.1 Å². The van der Waals surface area contributed by atoms with Crippen LogP contribution >= 0.6 is 0 Å². The number of hydrogen-bond donors (Lipinski definition) is 1. The molecule has 0 aliphatic rings. The highest BCUT2D eigenvalue weighted by atomic mass is 14.8. The predicted octanol–water partition coefficient (Wildman–Crippen LogP) is 3.24. The van der Waals surface area contributed by atoms with Crippen LogP contribution in [0.2, 0.25) is 0 Å². The first-order valence-electron chi connectivity index (χ1n) is 6.01. The van der Waals surface area contributed by atoms with Crippen LogP contribution < -0.4 is 5.32 Å². The molecule has 0 atom stereocenters. The molecular formula is C14H23N. The number of rotatable bonds is 6. The molecule has 1 nitrogen and oxygen atoms in total. The summed E-state index contributed by atoms with van der Waals surface area (Å²) in [5.41, 5.74) is 4.32. The number of hydrogen-bond acceptors (Lipinski definition) is 1. The average molecular weight is 205 g/mol. The summed E-state index contributed by atoms with van der Waals surface area (Å²) in [5, 5.41) is 3.36. The highest BCUT2D eigenvalue weighted by molar-refractivity contribution is 5.30. The summed E-state index contributed by atoms with van der Waals surface area (Å²) in [6.07, 6.45) is 3.79. The lowest BCUT2D eigenvalue weighted by atomic mass is 10.0. The molecule has 1 aromatic rings. The van der Waals surface area contributed by atoms with Crippen molar-refractivity contribution >= 4 is 0 Å². The van der Waals surface area contributed by atoms with Crippen molar-refractivity contribution in [2.75, 3.05) is 13.1 Å². The Bertz CT molecular complexity index is 291. The fourth-order valence-corrected chi connectivity index (χ4v) is 1.87. The Hall–Kier alpha value is -0.820. The van der Waals surface area contributed by atoms with E-state index in [1.54, 1.807) is 0 Å². The number of unbranched alkanes of at least 4 members (excludes halogenated alkanes) is 1. The van der Waals surface area contributed by atoms with Gasteiger partial charge in [-0.25, -0.2) is 0 Å². The summed E-state index contributed by atoms with van der Waals surface area (Å²) in [4.78, 5) is 0. The fourth-order valence-electron chi connectivity index (χ4n) is 1.87. The van der Waals surface area contributed by atoms with E-state index in [4.69, 9.17) is 0 Å². The molecule has 0 radical (unpaired) electrons. The van der Waals surface area contributed by atoms with Crippen molar-refractivity contribution in [3.63, 3.8) is 0 Å². The Balaban J connectivity index is 2.31. The molecule has 84 valence electrons. The molecule has 0 aliphatic heterocycles. The van der Waals surface area contributed by atoms with Gasteiger partial charge in [-0.2, -0.15) is 0 Å². The fraction of sp³-hybridized carbons (Fsp3) is 0.571. The zero-order chi connectivity index (χ0) is 11.1. The second kappa shape index (κ2) is 6.62. The maximum absolute atomic E-state index is 3.36. The van der Waals surface area contributed by atoms with E-state index in [9.17, 15) is 0 Å². The molecule has 0 saturated carbocycles. The SMILES string of the molecule is CCNCCCCc1ccc(C)cc1C. The minimum atomic E-state index is 1.09. The third-order valence-corrected chi connectivity index (χ3v) is 2.80. The zero-order valence-corrected chi connectivity index (χ0v) is 10.3. The van der Waals surface area contributed by atoms with Gasteiger partial charge in [0, 0.05) is 0 Å². The Morgan fingerprint density at radius 2 is 1.93 bits per heavy atom. The zero-order valence-electron chi connectivity index (χ0n) is 10.3. The summed E-state index contributed by atoms with van der Waals surface area (Å²) in [7, 11) is 0. The van der Waals surface area contributed by atoms with E-state index in [0.29, 0.717) is 0 Å². The lowest BCUT2D eigenvalue weighted by Crippen LogP contribution is -2.13. The second-order valence-corrected chi connectivity index (χ2v) is 4.24. The van der Waals surface area contributed by atoms with E-state index in [1.165, 1.54) is 36.0 Å². The molecule has 1 heteroatoms. The van der Waals surface area contributed by atoms with Crippen molar-refractivity contribution in [1.29, 1.82) is 0 Å². The molecule has 1 N–H and O–H groups in total. The van der Waals surface area contributed by atoms with Crippen LogP contribution in [0.1, 0.15) is 36.5 Å². The van der Waals surface area contributed by atoms with Crippen LogP contribution in [-0.2, 0) is 6.42 Å². The van der Waals surface area contributed by atoms with Crippen molar-refractivity contribution in [1.82, 2.24) is 5.32 Å². The Labute approximate surface area is 93.9 Å². The highest BCUT2D eigenvalue weighted by Crippen LogP contribution is 2.13. The third kappa shape index (κ3) is 4.48. The summed E-state index contributed by atoms with van der Waals surface area (Å²) in [5.74, 6) is 0. The predicted molar refractivity (Wildman–Crippen MR) is 67.4 cm³/mol. The molecule has 0 unspecified atom stereocenters. The van der Waals surface area contributed by atoms with Crippen molar-refractivity contribution in [3.05, 3.63) is 34.9 Å². The van der Waals surface area contributed by atoms with Gasteiger partial charge in [-0.05, 0) is 57.3 Å². The van der Waals surface area contributed by atoms with Crippen LogP contribution in [0, 0.1) is 13.8 Å². The van der Waals surface area contributed by atoms with Gasteiger partial charge in [0.05, 0.1) is 0 Å². The molecule has 0 amide bonds. The maximum Gasteiger partial charge on any atom is -0.00489 e.